The van der Waals surface area contributed by atoms with Crippen LogP contribution < -0.4 is 4.74 Å². The number of aryl methyl sites for hydroxylation is 2. The van der Waals surface area contributed by atoms with Gasteiger partial charge in [0.25, 0.3) is 0 Å². The Morgan fingerprint density at radius 3 is 2.32 bits per heavy atom. The molecule has 0 aliphatic rings. The molecule has 28 heavy (non-hydrogen) atoms. The van der Waals surface area contributed by atoms with Crippen molar-refractivity contribution in [1.29, 1.82) is 0 Å². The summed E-state index contributed by atoms with van der Waals surface area (Å²) in [7, 11) is 0. The monoisotopic (exact) mass is 378 g/mol. The molecular weight excluding hydrogens is 348 g/mol. The van der Waals surface area contributed by atoms with E-state index in [1.807, 2.05) is 24.3 Å². The van der Waals surface area contributed by atoms with Crippen molar-refractivity contribution >= 4 is 0 Å². The van der Waals surface area contributed by atoms with Crippen LogP contribution in [0.3, 0.4) is 0 Å². The highest BCUT2D eigenvalue weighted by Gasteiger charge is 2.12. The van der Waals surface area contributed by atoms with E-state index in [1.54, 1.807) is 0 Å². The lowest BCUT2D eigenvalue weighted by atomic mass is 10.1. The van der Waals surface area contributed by atoms with Crippen LogP contribution in [-0.2, 0) is 0 Å². The van der Waals surface area contributed by atoms with Gasteiger partial charge in [-0.05, 0) is 56.2 Å². The zero-order valence-electron chi connectivity index (χ0n) is 17.2. The molecule has 0 spiro atoms. The molecule has 1 aromatic heterocycles. The zero-order valence-corrected chi connectivity index (χ0v) is 17.2. The Kier molecular flexibility index (Phi) is 7.24. The quantitative estimate of drug-likeness (QED) is 0.366. The minimum absolute atomic E-state index is 0.526. The molecule has 0 fully saturated rings. The molecule has 4 heteroatoms. The van der Waals surface area contributed by atoms with Crippen LogP contribution in [0.2, 0.25) is 0 Å². The molecule has 0 amide bonds. The second kappa shape index (κ2) is 10.1. The molecule has 1 heterocycles. The maximum Gasteiger partial charge on any atom is 0.248 e. The van der Waals surface area contributed by atoms with E-state index in [1.165, 1.54) is 37.7 Å². The van der Waals surface area contributed by atoms with E-state index in [2.05, 4.69) is 49.2 Å². The van der Waals surface area contributed by atoms with Crippen LogP contribution in [0, 0.1) is 13.8 Å². The number of ether oxygens (including phenoxy) is 1. The van der Waals surface area contributed by atoms with Crippen LogP contribution in [0.1, 0.15) is 56.6 Å². The van der Waals surface area contributed by atoms with Crippen molar-refractivity contribution in [1.82, 2.24) is 10.2 Å². The Morgan fingerprint density at radius 2 is 1.54 bits per heavy atom. The third kappa shape index (κ3) is 5.44. The first-order valence-corrected chi connectivity index (χ1v) is 10.3. The average molecular weight is 379 g/mol. The van der Waals surface area contributed by atoms with Gasteiger partial charge in [-0.15, -0.1) is 10.2 Å². The molecule has 0 radical (unpaired) electrons. The Morgan fingerprint density at radius 1 is 0.821 bits per heavy atom. The van der Waals surface area contributed by atoms with Crippen LogP contribution >= 0.6 is 0 Å². The lowest BCUT2D eigenvalue weighted by Gasteiger charge is -2.06. The van der Waals surface area contributed by atoms with Gasteiger partial charge in [-0.25, -0.2) is 0 Å². The smallest absolute Gasteiger partial charge is 0.248 e. The van der Waals surface area contributed by atoms with Crippen LogP contribution in [-0.4, -0.2) is 16.8 Å². The molecule has 4 nitrogen and oxygen atoms in total. The zero-order chi connectivity index (χ0) is 19.8. The largest absolute Gasteiger partial charge is 0.494 e. The lowest BCUT2D eigenvalue weighted by molar-refractivity contribution is 0.304. The minimum Gasteiger partial charge on any atom is -0.494 e. The second-order valence-electron chi connectivity index (χ2n) is 7.37. The van der Waals surface area contributed by atoms with Gasteiger partial charge in [0, 0.05) is 11.1 Å². The Balaban J connectivity index is 1.55. The standard InChI is InChI=1S/C24H30N2O2/c1-4-5-6-7-8-9-16-27-21-14-12-20(13-15-21)23-25-26-24(28-23)22-17-18(2)10-11-19(22)3/h10-15,17H,4-9,16H2,1-3H3. The van der Waals surface area contributed by atoms with Gasteiger partial charge in [0.05, 0.1) is 6.61 Å². The molecule has 0 saturated heterocycles. The number of rotatable bonds is 10. The Labute approximate surface area is 168 Å². The van der Waals surface area contributed by atoms with E-state index in [-0.39, 0.29) is 0 Å². The maximum absolute atomic E-state index is 5.91. The van der Waals surface area contributed by atoms with Crippen LogP contribution in [0.4, 0.5) is 0 Å². The highest BCUT2D eigenvalue weighted by atomic mass is 16.5. The predicted molar refractivity (Wildman–Crippen MR) is 114 cm³/mol. The van der Waals surface area contributed by atoms with E-state index >= 15 is 0 Å². The normalized spacial score (nSPS) is 11.0. The third-order valence-electron chi connectivity index (χ3n) is 4.92. The lowest BCUT2D eigenvalue weighted by Crippen LogP contribution is -1.97. The number of aromatic nitrogens is 2. The summed E-state index contributed by atoms with van der Waals surface area (Å²) in [5, 5.41) is 8.45. The van der Waals surface area contributed by atoms with Gasteiger partial charge in [0.2, 0.25) is 11.8 Å². The van der Waals surface area contributed by atoms with Crippen LogP contribution in [0.25, 0.3) is 22.9 Å². The summed E-state index contributed by atoms with van der Waals surface area (Å²) in [5.41, 5.74) is 4.18. The molecule has 0 aliphatic carbocycles. The number of hydrogen-bond acceptors (Lipinski definition) is 4. The molecule has 3 aromatic rings. The summed E-state index contributed by atoms with van der Waals surface area (Å²) in [6.07, 6.45) is 7.60. The molecule has 0 N–H and O–H groups in total. The summed E-state index contributed by atoms with van der Waals surface area (Å²) in [6, 6.07) is 14.1. The van der Waals surface area contributed by atoms with Crippen molar-refractivity contribution in [3.63, 3.8) is 0 Å². The van der Waals surface area contributed by atoms with Gasteiger partial charge in [0.15, 0.2) is 0 Å². The molecule has 2 aromatic carbocycles. The summed E-state index contributed by atoms with van der Waals surface area (Å²) >= 11 is 0. The summed E-state index contributed by atoms with van der Waals surface area (Å²) in [6.45, 7) is 7.12. The maximum atomic E-state index is 5.91. The third-order valence-corrected chi connectivity index (χ3v) is 4.92. The molecule has 3 rings (SSSR count). The molecule has 148 valence electrons. The second-order valence-corrected chi connectivity index (χ2v) is 7.37. The molecular formula is C24H30N2O2. The SMILES string of the molecule is CCCCCCCCOc1ccc(-c2nnc(-c3cc(C)ccc3C)o2)cc1. The van der Waals surface area contributed by atoms with E-state index in [4.69, 9.17) is 9.15 Å². The summed E-state index contributed by atoms with van der Waals surface area (Å²) in [4.78, 5) is 0. The predicted octanol–water partition coefficient (Wildman–Crippen LogP) is 6.76. The van der Waals surface area contributed by atoms with Crippen molar-refractivity contribution in [3.05, 3.63) is 53.6 Å². The fraction of sp³-hybridized carbons (Fsp3) is 0.417. The molecule has 0 unspecified atom stereocenters. The van der Waals surface area contributed by atoms with Gasteiger partial charge in [-0.3, -0.25) is 0 Å². The molecule has 0 atom stereocenters. The average Bonchev–Trinajstić information content (AvgIpc) is 3.19. The van der Waals surface area contributed by atoms with E-state index in [0.29, 0.717) is 11.8 Å². The number of hydrogen-bond donors (Lipinski definition) is 0. The van der Waals surface area contributed by atoms with Gasteiger partial charge >= 0.3 is 0 Å². The summed E-state index contributed by atoms with van der Waals surface area (Å²) in [5.74, 6) is 1.96. The highest BCUT2D eigenvalue weighted by molar-refractivity contribution is 5.62. The number of benzene rings is 2. The van der Waals surface area contributed by atoms with Crippen molar-refractivity contribution in [2.75, 3.05) is 6.61 Å². The van der Waals surface area contributed by atoms with E-state index < -0.39 is 0 Å². The number of nitrogens with zero attached hydrogens (tertiary/aromatic N) is 2. The van der Waals surface area contributed by atoms with E-state index in [9.17, 15) is 0 Å². The topological polar surface area (TPSA) is 48.2 Å². The Hall–Kier alpha value is -2.62. The van der Waals surface area contributed by atoms with Gasteiger partial charge in [-0.1, -0.05) is 56.7 Å². The van der Waals surface area contributed by atoms with Crippen LogP contribution in [0.5, 0.6) is 5.75 Å². The molecule has 0 bridgehead atoms. The van der Waals surface area contributed by atoms with Gasteiger partial charge in [0.1, 0.15) is 5.75 Å². The van der Waals surface area contributed by atoms with E-state index in [0.717, 1.165) is 35.5 Å². The van der Waals surface area contributed by atoms with Crippen molar-refractivity contribution in [2.45, 2.75) is 59.3 Å². The van der Waals surface area contributed by atoms with Gasteiger partial charge < -0.3 is 9.15 Å². The molecule has 0 saturated carbocycles. The van der Waals surface area contributed by atoms with Crippen LogP contribution in [0.15, 0.2) is 46.9 Å². The van der Waals surface area contributed by atoms with Crippen molar-refractivity contribution < 1.29 is 9.15 Å². The summed E-state index contributed by atoms with van der Waals surface area (Å²) < 4.78 is 11.8. The highest BCUT2D eigenvalue weighted by Crippen LogP contribution is 2.28. The number of unbranched alkanes of at least 4 members (excludes halogenated alkanes) is 5. The fourth-order valence-corrected chi connectivity index (χ4v) is 3.18. The minimum atomic E-state index is 0.526. The molecule has 0 aliphatic heterocycles. The van der Waals surface area contributed by atoms with Gasteiger partial charge in [-0.2, -0.15) is 0 Å². The fourth-order valence-electron chi connectivity index (χ4n) is 3.18. The first-order valence-electron chi connectivity index (χ1n) is 10.3. The first kappa shape index (κ1) is 20.1. The first-order chi connectivity index (χ1) is 13.7. The Bertz CT molecular complexity index is 869. The van der Waals surface area contributed by atoms with Crippen molar-refractivity contribution in [2.24, 2.45) is 0 Å². The van der Waals surface area contributed by atoms with Crippen molar-refractivity contribution in [3.8, 4) is 28.7 Å².